The Balaban J connectivity index is 1.66. The third kappa shape index (κ3) is 4.33. The summed E-state index contributed by atoms with van der Waals surface area (Å²) in [7, 11) is -4.01. The average Bonchev–Trinajstić information content (AvgIpc) is 3.21. The molecule has 2 aliphatic heterocycles. The highest BCUT2D eigenvalue weighted by Gasteiger charge is 2.37. The lowest BCUT2D eigenvalue weighted by molar-refractivity contribution is -0.918. The number of hydrogen-bond acceptors (Lipinski definition) is 3. The highest BCUT2D eigenvalue weighted by molar-refractivity contribution is 7.89. The molecule has 2 saturated heterocycles. The van der Waals surface area contributed by atoms with E-state index >= 15 is 0 Å². The fourth-order valence-electron chi connectivity index (χ4n) is 3.81. The van der Waals surface area contributed by atoms with Crippen LogP contribution < -0.4 is 4.90 Å². The standard InChI is InChI=1S/C18H24F3N3O3S/c1-14(17(25)23-7-2-3-8-23)22-9-11-24(12-10-22)28(26,27)16-6-4-5-15(13-16)18(19,20)21/h4-6,13-14H,2-3,7-12H2,1H3/p+1/t14-/m0/s1. The second-order valence-corrected chi connectivity index (χ2v) is 9.28. The summed E-state index contributed by atoms with van der Waals surface area (Å²) in [6.07, 6.45) is -2.58. The summed E-state index contributed by atoms with van der Waals surface area (Å²) in [5.41, 5.74) is -0.984. The van der Waals surface area contributed by atoms with Crippen LogP contribution in [0.1, 0.15) is 25.3 Å². The molecule has 156 valence electrons. The maximum absolute atomic E-state index is 12.9. The molecule has 0 bridgehead atoms. The SMILES string of the molecule is C[C@@H](C(=O)N1CCCC1)[NH+]1CCN(S(=O)(=O)c2cccc(C(F)(F)F)c2)CC1. The zero-order valence-electron chi connectivity index (χ0n) is 15.7. The number of carbonyl (C=O) groups excluding carboxylic acids is 1. The van der Waals surface area contributed by atoms with Gasteiger partial charge in [0.25, 0.3) is 5.91 Å². The third-order valence-corrected chi connectivity index (χ3v) is 7.46. The van der Waals surface area contributed by atoms with Crippen LogP contribution in [0, 0.1) is 0 Å². The predicted molar refractivity (Wildman–Crippen MR) is 96.2 cm³/mol. The molecule has 6 nitrogen and oxygen atoms in total. The van der Waals surface area contributed by atoms with E-state index in [0.29, 0.717) is 19.2 Å². The lowest BCUT2D eigenvalue weighted by Gasteiger charge is -2.35. The molecule has 0 aliphatic carbocycles. The van der Waals surface area contributed by atoms with Crippen LogP contribution in [0.5, 0.6) is 0 Å². The topological polar surface area (TPSA) is 62.1 Å². The first-order chi connectivity index (χ1) is 13.1. The number of quaternary nitrogens is 1. The Labute approximate surface area is 162 Å². The van der Waals surface area contributed by atoms with E-state index in [1.54, 1.807) is 0 Å². The van der Waals surface area contributed by atoms with Gasteiger partial charge in [0.1, 0.15) is 0 Å². The van der Waals surface area contributed by atoms with Gasteiger partial charge in [0.05, 0.1) is 36.6 Å². The van der Waals surface area contributed by atoms with Crippen LogP contribution in [0.3, 0.4) is 0 Å². The van der Waals surface area contributed by atoms with Gasteiger partial charge in [0.15, 0.2) is 6.04 Å². The smallest absolute Gasteiger partial charge is 0.338 e. The van der Waals surface area contributed by atoms with Gasteiger partial charge in [0, 0.05) is 13.1 Å². The summed E-state index contributed by atoms with van der Waals surface area (Å²) in [4.78, 5) is 15.0. The molecule has 2 aliphatic rings. The number of amides is 1. The highest BCUT2D eigenvalue weighted by Crippen LogP contribution is 2.31. The van der Waals surface area contributed by atoms with Crippen molar-refractivity contribution in [1.29, 1.82) is 0 Å². The zero-order chi connectivity index (χ0) is 20.5. The quantitative estimate of drug-likeness (QED) is 0.776. The van der Waals surface area contributed by atoms with Gasteiger partial charge in [0.2, 0.25) is 10.0 Å². The number of carbonyl (C=O) groups is 1. The van der Waals surface area contributed by atoms with Gasteiger partial charge in [-0.1, -0.05) is 6.07 Å². The molecule has 0 aromatic heterocycles. The van der Waals surface area contributed by atoms with E-state index in [0.717, 1.165) is 43.0 Å². The van der Waals surface area contributed by atoms with Crippen LogP contribution in [0.25, 0.3) is 0 Å². The van der Waals surface area contributed by atoms with Gasteiger partial charge in [-0.3, -0.25) is 4.79 Å². The first-order valence-electron chi connectivity index (χ1n) is 9.41. The Morgan fingerprint density at radius 1 is 1.11 bits per heavy atom. The van der Waals surface area contributed by atoms with Gasteiger partial charge >= 0.3 is 6.18 Å². The van der Waals surface area contributed by atoms with Crippen molar-refractivity contribution in [2.24, 2.45) is 0 Å². The number of alkyl halides is 3. The molecule has 1 N–H and O–H groups in total. The molecule has 0 unspecified atom stereocenters. The van der Waals surface area contributed by atoms with Gasteiger partial charge < -0.3 is 9.80 Å². The molecule has 1 amide bonds. The normalized spacial score (nSPS) is 21.1. The molecule has 10 heteroatoms. The van der Waals surface area contributed by atoms with Gasteiger partial charge in [-0.25, -0.2) is 8.42 Å². The number of benzene rings is 1. The van der Waals surface area contributed by atoms with Gasteiger partial charge in [-0.05, 0) is 38.0 Å². The monoisotopic (exact) mass is 420 g/mol. The van der Waals surface area contributed by atoms with Gasteiger partial charge in [-0.2, -0.15) is 17.5 Å². The predicted octanol–water partition coefficient (Wildman–Crippen LogP) is 0.606. The van der Waals surface area contributed by atoms with Crippen molar-refractivity contribution < 1.29 is 31.3 Å². The van der Waals surface area contributed by atoms with Crippen molar-refractivity contribution in [2.45, 2.75) is 36.9 Å². The first kappa shape index (κ1) is 21.1. The van der Waals surface area contributed by atoms with E-state index in [1.165, 1.54) is 10.4 Å². The summed E-state index contributed by atoms with van der Waals surface area (Å²) in [5.74, 6) is 0.0849. The van der Waals surface area contributed by atoms with Crippen LogP contribution in [0.2, 0.25) is 0 Å². The average molecular weight is 420 g/mol. The number of hydrogen-bond donors (Lipinski definition) is 1. The number of piperazine rings is 1. The van der Waals surface area contributed by atoms with E-state index in [1.807, 2.05) is 11.8 Å². The van der Waals surface area contributed by atoms with Crippen molar-refractivity contribution in [2.75, 3.05) is 39.3 Å². The largest absolute Gasteiger partial charge is 0.416 e. The summed E-state index contributed by atoms with van der Waals surface area (Å²) in [6.45, 7) is 4.63. The molecule has 0 saturated carbocycles. The van der Waals surface area contributed by atoms with Crippen LogP contribution in [0.15, 0.2) is 29.2 Å². The number of nitrogens with one attached hydrogen (secondary N) is 1. The third-order valence-electron chi connectivity index (χ3n) is 5.56. The van der Waals surface area contributed by atoms with Crippen molar-refractivity contribution >= 4 is 15.9 Å². The van der Waals surface area contributed by atoms with E-state index < -0.39 is 21.8 Å². The van der Waals surface area contributed by atoms with Crippen molar-refractivity contribution in [3.05, 3.63) is 29.8 Å². The Morgan fingerprint density at radius 3 is 2.29 bits per heavy atom. The molecule has 28 heavy (non-hydrogen) atoms. The first-order valence-corrected chi connectivity index (χ1v) is 10.9. The molecule has 1 atom stereocenters. The molecule has 0 spiro atoms. The van der Waals surface area contributed by atoms with Crippen LogP contribution >= 0.6 is 0 Å². The minimum absolute atomic E-state index is 0.0849. The maximum Gasteiger partial charge on any atom is 0.416 e. The molecule has 2 fully saturated rings. The Bertz CT molecular complexity index is 815. The fraction of sp³-hybridized carbons (Fsp3) is 0.611. The number of sulfonamides is 1. The minimum atomic E-state index is -4.60. The summed E-state index contributed by atoms with van der Waals surface area (Å²) < 4.78 is 65.4. The number of likely N-dealkylation sites (tertiary alicyclic amines) is 1. The molecule has 1 aromatic carbocycles. The lowest BCUT2D eigenvalue weighted by Crippen LogP contribution is -3.19. The van der Waals surface area contributed by atoms with Gasteiger partial charge in [-0.15, -0.1) is 0 Å². The Hall–Kier alpha value is -1.65. The highest BCUT2D eigenvalue weighted by atomic mass is 32.2. The van der Waals surface area contributed by atoms with E-state index in [2.05, 4.69) is 0 Å². The van der Waals surface area contributed by atoms with Crippen molar-refractivity contribution in [1.82, 2.24) is 9.21 Å². The van der Waals surface area contributed by atoms with Crippen LogP contribution in [0.4, 0.5) is 13.2 Å². The lowest BCUT2D eigenvalue weighted by atomic mass is 10.2. The zero-order valence-corrected chi connectivity index (χ0v) is 16.5. The van der Waals surface area contributed by atoms with Crippen molar-refractivity contribution in [3.63, 3.8) is 0 Å². The Morgan fingerprint density at radius 2 is 1.71 bits per heavy atom. The molecule has 3 rings (SSSR count). The van der Waals surface area contributed by atoms with Crippen LogP contribution in [-0.2, 0) is 21.0 Å². The number of halogens is 3. The number of rotatable bonds is 4. The van der Waals surface area contributed by atoms with Crippen molar-refractivity contribution in [3.8, 4) is 0 Å². The number of nitrogens with zero attached hydrogens (tertiary/aromatic N) is 2. The molecule has 0 radical (unpaired) electrons. The Kier molecular flexibility index (Phi) is 6.02. The summed E-state index contributed by atoms with van der Waals surface area (Å²) in [5, 5.41) is 0. The van der Waals surface area contributed by atoms with E-state index in [4.69, 9.17) is 0 Å². The van der Waals surface area contributed by atoms with Crippen LogP contribution in [-0.4, -0.2) is 68.8 Å². The second-order valence-electron chi connectivity index (χ2n) is 7.34. The fourth-order valence-corrected chi connectivity index (χ4v) is 5.30. The molecule has 1 aromatic rings. The summed E-state index contributed by atoms with van der Waals surface area (Å²) in [6, 6.07) is 3.56. The van der Waals surface area contributed by atoms with E-state index in [-0.39, 0.29) is 29.9 Å². The van der Waals surface area contributed by atoms with E-state index in [9.17, 15) is 26.4 Å². The molecule has 2 heterocycles. The maximum atomic E-state index is 12.9. The molecular weight excluding hydrogens is 395 g/mol. The summed E-state index contributed by atoms with van der Waals surface area (Å²) >= 11 is 0. The molecular formula is C18H25F3N3O3S+. The minimum Gasteiger partial charge on any atom is -0.338 e. The second kappa shape index (κ2) is 8.00.